The number of thioether (sulfide) groups is 3. The Labute approximate surface area is 196 Å². The van der Waals surface area contributed by atoms with Crippen molar-refractivity contribution in [2.24, 2.45) is 0 Å². The fourth-order valence-corrected chi connectivity index (χ4v) is 10.2. The molecule has 2 nitrogen and oxygen atoms in total. The summed E-state index contributed by atoms with van der Waals surface area (Å²) in [5, 5.41) is 0. The normalized spacial score (nSPS) is 20.6. The molecular formula is C24H28O2S4. The lowest BCUT2D eigenvalue weighted by Gasteiger charge is -2.44. The molecule has 2 aromatic carbocycles. The second-order valence-electron chi connectivity index (χ2n) is 6.95. The molecule has 0 bridgehead atoms. The van der Waals surface area contributed by atoms with Crippen LogP contribution in [0.25, 0.3) is 0 Å². The number of ether oxygens (including phenoxy) is 1. The van der Waals surface area contributed by atoms with E-state index in [1.807, 2.05) is 54.3 Å². The number of hydrogen-bond donors (Lipinski definition) is 1. The monoisotopic (exact) mass is 476 g/mol. The molecule has 0 N–H and O–H groups in total. The average Bonchev–Trinajstić information content (AvgIpc) is 2.79. The Morgan fingerprint density at radius 3 is 2.33 bits per heavy atom. The summed E-state index contributed by atoms with van der Waals surface area (Å²) in [5.41, 5.74) is 3.94. The second-order valence-corrected chi connectivity index (χ2v) is 13.1. The van der Waals surface area contributed by atoms with Gasteiger partial charge in [0.15, 0.2) is 0 Å². The minimum atomic E-state index is -0.295. The number of hydrogen-bond acceptors (Lipinski definition) is 5. The lowest BCUT2D eigenvalue weighted by atomic mass is 10.0. The molecule has 0 aliphatic carbocycles. The predicted molar refractivity (Wildman–Crippen MR) is 139 cm³/mol. The van der Waals surface area contributed by atoms with E-state index in [1.54, 1.807) is 12.1 Å². The van der Waals surface area contributed by atoms with Crippen molar-refractivity contribution in [1.82, 2.24) is 0 Å². The highest BCUT2D eigenvalue weighted by Gasteiger charge is 2.41. The Bertz CT molecular complexity index is 955. The largest absolute Gasteiger partial charge is 0.462 e. The third kappa shape index (κ3) is 4.85. The molecule has 30 heavy (non-hydrogen) atoms. The summed E-state index contributed by atoms with van der Waals surface area (Å²) in [6.07, 6.45) is 10.3. The Balaban J connectivity index is 1.91. The van der Waals surface area contributed by atoms with Crippen LogP contribution < -0.4 is 0 Å². The molecule has 0 radical (unpaired) electrons. The maximum atomic E-state index is 11.8. The zero-order chi connectivity index (χ0) is 21.7. The number of rotatable bonds is 5. The Morgan fingerprint density at radius 1 is 1.10 bits per heavy atom. The number of thiol groups is 1. The van der Waals surface area contributed by atoms with Crippen molar-refractivity contribution in [1.29, 1.82) is 0 Å². The van der Waals surface area contributed by atoms with Crippen molar-refractivity contribution in [3.63, 3.8) is 0 Å². The van der Waals surface area contributed by atoms with Gasteiger partial charge in [0.2, 0.25) is 0 Å². The Kier molecular flexibility index (Phi) is 8.20. The number of carbonyl (C=O) groups is 1. The summed E-state index contributed by atoms with van der Waals surface area (Å²) in [4.78, 5) is 13.3. The van der Waals surface area contributed by atoms with Crippen LogP contribution in [0.1, 0.15) is 40.4 Å². The van der Waals surface area contributed by atoms with Crippen LogP contribution in [-0.2, 0) is 8.82 Å². The third-order valence-corrected chi connectivity index (χ3v) is 12.9. The van der Waals surface area contributed by atoms with E-state index in [2.05, 4.69) is 55.1 Å². The van der Waals surface area contributed by atoms with Gasteiger partial charge in [0, 0.05) is 15.7 Å². The molecule has 160 valence electrons. The van der Waals surface area contributed by atoms with E-state index in [0.717, 1.165) is 11.1 Å². The van der Waals surface area contributed by atoms with Gasteiger partial charge in [0.05, 0.1) is 16.2 Å². The SMILES string of the molecule is CCOC(=O)c1ccc(C#Cc2ccc3c(c2)C(SC)(SC)CC(SC)[SH]3C)cc1. The van der Waals surface area contributed by atoms with Crippen LogP contribution in [0.15, 0.2) is 47.4 Å². The topological polar surface area (TPSA) is 26.3 Å². The molecule has 1 aliphatic heterocycles. The first-order valence-electron chi connectivity index (χ1n) is 9.77. The van der Waals surface area contributed by atoms with Gasteiger partial charge in [-0.3, -0.25) is 0 Å². The highest BCUT2D eigenvalue weighted by Crippen LogP contribution is 2.62. The van der Waals surface area contributed by atoms with Gasteiger partial charge in [-0.2, -0.15) is 11.8 Å². The van der Waals surface area contributed by atoms with Crippen LogP contribution in [0.2, 0.25) is 0 Å². The predicted octanol–water partition coefficient (Wildman–Crippen LogP) is 6.22. The summed E-state index contributed by atoms with van der Waals surface area (Å²) in [5.74, 6) is 6.28. The second kappa shape index (κ2) is 10.5. The molecule has 2 atom stereocenters. The van der Waals surface area contributed by atoms with Crippen LogP contribution in [0, 0.1) is 11.8 Å². The van der Waals surface area contributed by atoms with Crippen LogP contribution in [-0.4, -0.2) is 42.2 Å². The van der Waals surface area contributed by atoms with Crippen LogP contribution in [0.4, 0.5) is 0 Å². The first-order valence-corrected chi connectivity index (χ1v) is 15.4. The molecular weight excluding hydrogens is 449 g/mol. The van der Waals surface area contributed by atoms with Gasteiger partial charge in [0.25, 0.3) is 0 Å². The number of esters is 1. The first-order chi connectivity index (χ1) is 14.5. The summed E-state index contributed by atoms with van der Waals surface area (Å²) in [7, 11) is -0.175. The summed E-state index contributed by atoms with van der Waals surface area (Å²) < 4.78 is 5.83. The lowest BCUT2D eigenvalue weighted by Crippen LogP contribution is -2.29. The summed E-state index contributed by atoms with van der Waals surface area (Å²) in [6, 6.07) is 14.1. The van der Waals surface area contributed by atoms with E-state index in [-0.39, 0.29) is 20.9 Å². The van der Waals surface area contributed by atoms with E-state index in [9.17, 15) is 4.79 Å². The van der Waals surface area contributed by atoms with Gasteiger partial charge in [0.1, 0.15) is 0 Å². The van der Waals surface area contributed by atoms with Crippen molar-refractivity contribution < 1.29 is 9.53 Å². The average molecular weight is 477 g/mol. The lowest BCUT2D eigenvalue weighted by molar-refractivity contribution is 0.0526. The van der Waals surface area contributed by atoms with Crippen LogP contribution in [0.3, 0.4) is 0 Å². The van der Waals surface area contributed by atoms with Crippen molar-refractivity contribution in [2.45, 2.75) is 26.9 Å². The highest BCUT2D eigenvalue weighted by atomic mass is 32.2. The molecule has 0 aromatic heterocycles. The van der Waals surface area contributed by atoms with E-state index in [4.69, 9.17) is 4.74 Å². The summed E-state index contributed by atoms with van der Waals surface area (Å²) >= 11 is 5.92. The maximum absolute atomic E-state index is 11.8. The number of fused-ring (bicyclic) bond motifs is 1. The molecule has 3 rings (SSSR count). The molecule has 2 aromatic rings. The fraction of sp³-hybridized carbons (Fsp3) is 0.375. The number of carbonyl (C=O) groups excluding carboxylic acids is 1. The van der Waals surface area contributed by atoms with Gasteiger partial charge < -0.3 is 4.74 Å². The Hall–Kier alpha value is -1.13. The van der Waals surface area contributed by atoms with Crippen LogP contribution >= 0.6 is 46.2 Å². The third-order valence-electron chi connectivity index (χ3n) is 5.34. The smallest absolute Gasteiger partial charge is 0.338 e. The molecule has 0 amide bonds. The van der Waals surface area contributed by atoms with Crippen molar-refractivity contribution in [3.05, 3.63) is 64.7 Å². The molecule has 1 heterocycles. The molecule has 0 spiro atoms. The fourth-order valence-electron chi connectivity index (χ4n) is 3.62. The van der Waals surface area contributed by atoms with E-state index < -0.39 is 0 Å². The van der Waals surface area contributed by atoms with Crippen molar-refractivity contribution in [3.8, 4) is 11.8 Å². The quantitative estimate of drug-likeness (QED) is 0.239. The molecule has 0 saturated heterocycles. The molecule has 2 unspecified atom stereocenters. The molecule has 0 fully saturated rings. The minimum absolute atomic E-state index is 0.0941. The highest BCUT2D eigenvalue weighted by molar-refractivity contribution is 8.27. The molecule has 1 aliphatic rings. The summed E-state index contributed by atoms with van der Waals surface area (Å²) in [6.45, 7) is 2.19. The first kappa shape index (κ1) is 23.5. The van der Waals surface area contributed by atoms with E-state index in [1.165, 1.54) is 16.9 Å². The van der Waals surface area contributed by atoms with E-state index >= 15 is 0 Å². The van der Waals surface area contributed by atoms with Crippen molar-refractivity contribution in [2.75, 3.05) is 31.6 Å². The molecule has 6 heteroatoms. The minimum Gasteiger partial charge on any atom is -0.462 e. The van der Waals surface area contributed by atoms with Gasteiger partial charge in [-0.25, -0.2) is 15.7 Å². The van der Waals surface area contributed by atoms with E-state index in [0.29, 0.717) is 16.8 Å². The number of benzene rings is 2. The zero-order valence-electron chi connectivity index (χ0n) is 18.0. The van der Waals surface area contributed by atoms with Gasteiger partial charge in [-0.15, -0.1) is 23.5 Å². The van der Waals surface area contributed by atoms with Crippen LogP contribution in [0.5, 0.6) is 0 Å². The molecule has 0 saturated carbocycles. The maximum Gasteiger partial charge on any atom is 0.338 e. The zero-order valence-corrected chi connectivity index (χ0v) is 21.4. The van der Waals surface area contributed by atoms with Crippen molar-refractivity contribution >= 4 is 52.1 Å². The van der Waals surface area contributed by atoms with Gasteiger partial charge >= 0.3 is 5.97 Å². The standard InChI is InChI=1S/C24H28O2S4/c1-6-26-23(25)19-12-9-17(10-13-19)7-8-18-11-14-21-20(15-18)24(28-3,29-4)16-22(27-2)30(21)5/h9-15,22,30H,6,16H2,1-5H3. The van der Waals surface area contributed by atoms with Gasteiger partial charge in [-0.1, -0.05) is 11.8 Å². The van der Waals surface area contributed by atoms with Gasteiger partial charge in [-0.05, 0) is 91.3 Å². The Morgan fingerprint density at radius 2 is 1.73 bits per heavy atom.